The van der Waals surface area contributed by atoms with Gasteiger partial charge in [0.1, 0.15) is 5.82 Å². The van der Waals surface area contributed by atoms with E-state index in [4.69, 9.17) is 0 Å². The average molecular weight is 416 g/mol. The Bertz CT molecular complexity index is 830. The molecule has 0 N–H and O–H groups in total. The molecule has 1 aliphatic rings. The molecule has 0 unspecified atom stereocenters. The molecular weight excluding hydrogens is 394 g/mol. The monoisotopic (exact) mass is 416 g/mol. The third kappa shape index (κ3) is 5.25. The van der Waals surface area contributed by atoms with Crippen LogP contribution in [0.15, 0.2) is 30.3 Å². The molecule has 29 heavy (non-hydrogen) atoms. The smallest absolute Gasteiger partial charge is 0.399 e. The van der Waals surface area contributed by atoms with Crippen molar-refractivity contribution in [1.82, 2.24) is 0 Å². The highest BCUT2D eigenvalue weighted by Gasteiger charge is 2.34. The molecule has 158 valence electrons. The van der Waals surface area contributed by atoms with Gasteiger partial charge in [0.15, 0.2) is 11.6 Å². The van der Waals surface area contributed by atoms with Gasteiger partial charge < -0.3 is 4.74 Å². The van der Waals surface area contributed by atoms with Crippen molar-refractivity contribution in [2.75, 3.05) is 0 Å². The van der Waals surface area contributed by atoms with Crippen LogP contribution >= 0.6 is 0 Å². The Kier molecular flexibility index (Phi) is 6.44. The molecule has 0 heterocycles. The maximum Gasteiger partial charge on any atom is 0.573 e. The summed E-state index contributed by atoms with van der Waals surface area (Å²) in [7, 11) is 0. The van der Waals surface area contributed by atoms with E-state index in [9.17, 15) is 26.3 Å². The van der Waals surface area contributed by atoms with Crippen molar-refractivity contribution in [2.45, 2.75) is 57.7 Å². The Morgan fingerprint density at radius 3 is 2.03 bits per heavy atom. The van der Waals surface area contributed by atoms with Gasteiger partial charge in [0.25, 0.3) is 0 Å². The highest BCUT2D eigenvalue weighted by Crippen LogP contribution is 2.39. The summed E-state index contributed by atoms with van der Waals surface area (Å²) in [6.45, 7) is 2.16. The zero-order valence-corrected chi connectivity index (χ0v) is 16.0. The number of hydrogen-bond donors (Lipinski definition) is 0. The van der Waals surface area contributed by atoms with Crippen LogP contribution in [-0.2, 0) is 0 Å². The molecule has 0 atom stereocenters. The summed E-state index contributed by atoms with van der Waals surface area (Å²) >= 11 is 0. The van der Waals surface area contributed by atoms with Crippen LogP contribution in [0.5, 0.6) is 5.75 Å². The molecule has 3 rings (SSSR count). The lowest BCUT2D eigenvalue weighted by atomic mass is 9.77. The molecule has 0 aromatic heterocycles. The van der Waals surface area contributed by atoms with E-state index in [-0.39, 0.29) is 17.0 Å². The standard InChI is InChI=1S/C22H22F6O/c1-2-3-13-4-6-14(7-5-13)15-8-9-17(18(23)10-15)16-11-19(24)21(20(25)12-16)29-22(26,27)28/h8-14H,2-7H2,1H3. The number of benzene rings is 2. The highest BCUT2D eigenvalue weighted by atomic mass is 19.4. The van der Waals surface area contributed by atoms with Gasteiger partial charge in [-0.15, -0.1) is 13.2 Å². The first kappa shape index (κ1) is 21.5. The lowest BCUT2D eigenvalue weighted by Crippen LogP contribution is -2.19. The van der Waals surface area contributed by atoms with Crippen LogP contribution in [-0.4, -0.2) is 6.36 Å². The van der Waals surface area contributed by atoms with Gasteiger partial charge in [-0.2, -0.15) is 0 Å². The molecule has 0 radical (unpaired) electrons. The normalized spacial score (nSPS) is 20.0. The molecule has 1 nitrogen and oxygen atoms in total. The molecule has 1 aliphatic carbocycles. The van der Waals surface area contributed by atoms with E-state index >= 15 is 0 Å². The molecule has 0 bridgehead atoms. The summed E-state index contributed by atoms with van der Waals surface area (Å²) in [4.78, 5) is 0. The van der Waals surface area contributed by atoms with Gasteiger partial charge in [0, 0.05) is 5.56 Å². The van der Waals surface area contributed by atoms with Crippen molar-refractivity contribution >= 4 is 0 Å². The van der Waals surface area contributed by atoms with E-state index in [1.807, 2.05) is 0 Å². The minimum absolute atomic E-state index is 0.0789. The van der Waals surface area contributed by atoms with Gasteiger partial charge in [-0.3, -0.25) is 0 Å². The molecule has 7 heteroatoms. The third-order valence-electron chi connectivity index (χ3n) is 5.54. The Labute approximate surface area is 165 Å². The second-order valence-corrected chi connectivity index (χ2v) is 7.56. The van der Waals surface area contributed by atoms with Gasteiger partial charge in [0.2, 0.25) is 5.75 Å². The number of ether oxygens (including phenoxy) is 1. The average Bonchev–Trinajstić information content (AvgIpc) is 2.64. The number of hydrogen-bond acceptors (Lipinski definition) is 1. The maximum atomic E-state index is 14.7. The van der Waals surface area contributed by atoms with Gasteiger partial charge in [0.05, 0.1) is 0 Å². The van der Waals surface area contributed by atoms with Crippen molar-refractivity contribution < 1.29 is 31.1 Å². The summed E-state index contributed by atoms with van der Waals surface area (Å²) in [5.41, 5.74) is 0.564. The fraction of sp³-hybridized carbons (Fsp3) is 0.455. The first-order valence-electron chi connectivity index (χ1n) is 9.72. The molecule has 0 aliphatic heterocycles. The van der Waals surface area contributed by atoms with Crippen LogP contribution in [0.3, 0.4) is 0 Å². The molecular formula is C22H22F6O. The Balaban J connectivity index is 1.80. The quantitative estimate of drug-likeness (QED) is 0.453. The zero-order valence-electron chi connectivity index (χ0n) is 16.0. The first-order valence-corrected chi connectivity index (χ1v) is 9.72. The summed E-state index contributed by atoms with van der Waals surface area (Å²) in [6.07, 6.45) is 1.25. The minimum atomic E-state index is -5.23. The van der Waals surface area contributed by atoms with Crippen molar-refractivity contribution in [3.8, 4) is 16.9 Å². The predicted octanol–water partition coefficient (Wildman–Crippen LogP) is 7.74. The zero-order chi connectivity index (χ0) is 21.2. The molecule has 0 amide bonds. The molecule has 2 aromatic rings. The van der Waals surface area contributed by atoms with E-state index in [1.165, 1.54) is 18.6 Å². The van der Waals surface area contributed by atoms with Crippen LogP contribution in [0.2, 0.25) is 0 Å². The van der Waals surface area contributed by atoms with Gasteiger partial charge >= 0.3 is 6.36 Å². The van der Waals surface area contributed by atoms with Crippen LogP contribution in [0.4, 0.5) is 26.3 Å². The van der Waals surface area contributed by atoms with Crippen molar-refractivity contribution in [3.05, 3.63) is 53.3 Å². The molecule has 0 spiro atoms. The van der Waals surface area contributed by atoms with Crippen LogP contribution in [0, 0.1) is 23.4 Å². The topological polar surface area (TPSA) is 9.23 Å². The van der Waals surface area contributed by atoms with Gasteiger partial charge in [-0.25, -0.2) is 13.2 Å². The Morgan fingerprint density at radius 1 is 0.897 bits per heavy atom. The first-order chi connectivity index (χ1) is 13.7. The van der Waals surface area contributed by atoms with E-state index in [0.29, 0.717) is 18.1 Å². The highest BCUT2D eigenvalue weighted by molar-refractivity contribution is 5.66. The van der Waals surface area contributed by atoms with Crippen molar-refractivity contribution in [3.63, 3.8) is 0 Å². The number of rotatable bonds is 5. The van der Waals surface area contributed by atoms with E-state index in [2.05, 4.69) is 11.7 Å². The second kappa shape index (κ2) is 8.67. The fourth-order valence-electron chi connectivity index (χ4n) is 4.14. The summed E-state index contributed by atoms with van der Waals surface area (Å²) in [6, 6.07) is 5.77. The summed E-state index contributed by atoms with van der Waals surface area (Å²) < 4.78 is 82.7. The molecule has 2 aromatic carbocycles. The lowest BCUT2D eigenvalue weighted by molar-refractivity contribution is -0.276. The number of halogens is 6. The minimum Gasteiger partial charge on any atom is -0.399 e. The van der Waals surface area contributed by atoms with Crippen LogP contribution in [0.1, 0.15) is 56.9 Å². The van der Waals surface area contributed by atoms with E-state index in [0.717, 1.165) is 37.7 Å². The Morgan fingerprint density at radius 2 is 1.52 bits per heavy atom. The largest absolute Gasteiger partial charge is 0.573 e. The molecule has 1 fully saturated rings. The SMILES string of the molecule is CCCC1CCC(c2ccc(-c3cc(F)c(OC(F)(F)F)c(F)c3)c(F)c2)CC1. The Hall–Kier alpha value is -2.18. The van der Waals surface area contributed by atoms with Crippen molar-refractivity contribution in [2.24, 2.45) is 5.92 Å². The second-order valence-electron chi connectivity index (χ2n) is 7.56. The predicted molar refractivity (Wildman–Crippen MR) is 98.0 cm³/mol. The van der Waals surface area contributed by atoms with Crippen LogP contribution in [0.25, 0.3) is 11.1 Å². The summed E-state index contributed by atoms with van der Waals surface area (Å²) in [5, 5.41) is 0. The fourth-order valence-corrected chi connectivity index (χ4v) is 4.14. The molecule has 0 saturated heterocycles. The van der Waals surface area contributed by atoms with Crippen LogP contribution < -0.4 is 4.74 Å². The van der Waals surface area contributed by atoms with Crippen molar-refractivity contribution in [1.29, 1.82) is 0 Å². The molecule has 1 saturated carbocycles. The van der Waals surface area contributed by atoms with Gasteiger partial charge in [-0.05, 0) is 66.8 Å². The van der Waals surface area contributed by atoms with E-state index < -0.39 is 29.6 Å². The lowest BCUT2D eigenvalue weighted by Gasteiger charge is -2.28. The van der Waals surface area contributed by atoms with Gasteiger partial charge in [-0.1, -0.05) is 31.9 Å². The third-order valence-corrected chi connectivity index (χ3v) is 5.54. The van der Waals surface area contributed by atoms with E-state index in [1.54, 1.807) is 6.07 Å². The summed E-state index contributed by atoms with van der Waals surface area (Å²) in [5.74, 6) is -4.36. The maximum absolute atomic E-state index is 14.7. The number of alkyl halides is 3.